The minimum atomic E-state index is -0.291. The Balaban J connectivity index is 1.32. The molecular weight excluding hydrogens is 364 g/mol. The van der Waals surface area contributed by atoms with Crippen molar-refractivity contribution in [3.8, 4) is 5.75 Å². The number of amides is 1. The summed E-state index contributed by atoms with van der Waals surface area (Å²) in [5.41, 5.74) is 2.29. The van der Waals surface area contributed by atoms with Gasteiger partial charge in [-0.15, -0.1) is 0 Å². The Morgan fingerprint density at radius 2 is 1.93 bits per heavy atom. The number of hydrogen-bond acceptors (Lipinski definition) is 4. The van der Waals surface area contributed by atoms with Crippen molar-refractivity contribution in [2.45, 2.75) is 63.0 Å². The van der Waals surface area contributed by atoms with E-state index in [2.05, 4.69) is 21.9 Å². The molecule has 3 saturated heterocycles. The molecule has 0 aliphatic carbocycles. The highest BCUT2D eigenvalue weighted by molar-refractivity contribution is 5.80. The van der Waals surface area contributed by atoms with Crippen LogP contribution in [0.15, 0.2) is 18.2 Å². The Labute approximate surface area is 174 Å². The second-order valence-electron chi connectivity index (χ2n) is 9.26. The normalized spacial score (nSPS) is 29.2. The molecule has 0 aromatic heterocycles. The fourth-order valence-corrected chi connectivity index (χ4v) is 6.36. The van der Waals surface area contributed by atoms with Gasteiger partial charge in [-0.2, -0.15) is 0 Å². The maximum atomic E-state index is 13.5. The SMILES string of the molecule is COc1cccc2c1C1(CCN(C(=O)[C@@H]3CCCN4CCCC[C@H]34)CC1)OCC2. The van der Waals surface area contributed by atoms with Crippen LogP contribution in [0.3, 0.4) is 0 Å². The van der Waals surface area contributed by atoms with Gasteiger partial charge in [0, 0.05) is 24.7 Å². The lowest BCUT2D eigenvalue weighted by Crippen LogP contribution is -2.55. The third-order valence-corrected chi connectivity index (χ3v) is 7.83. The Kier molecular flexibility index (Phi) is 5.29. The van der Waals surface area contributed by atoms with Crippen molar-refractivity contribution in [3.05, 3.63) is 29.3 Å². The molecule has 0 saturated carbocycles. The first-order chi connectivity index (χ1) is 14.2. The molecule has 4 aliphatic rings. The van der Waals surface area contributed by atoms with Crippen LogP contribution in [0.25, 0.3) is 0 Å². The van der Waals surface area contributed by atoms with Crippen LogP contribution in [0.5, 0.6) is 5.75 Å². The number of nitrogens with zero attached hydrogens (tertiary/aromatic N) is 2. The average Bonchev–Trinajstić information content (AvgIpc) is 2.78. The van der Waals surface area contributed by atoms with Gasteiger partial charge in [-0.25, -0.2) is 0 Å². The lowest BCUT2D eigenvalue weighted by Gasteiger charge is -2.48. The van der Waals surface area contributed by atoms with Crippen molar-refractivity contribution in [1.82, 2.24) is 9.80 Å². The number of benzene rings is 1. The van der Waals surface area contributed by atoms with Gasteiger partial charge in [0.15, 0.2) is 0 Å². The topological polar surface area (TPSA) is 42.0 Å². The second-order valence-corrected chi connectivity index (χ2v) is 9.26. The predicted molar refractivity (Wildman–Crippen MR) is 112 cm³/mol. The van der Waals surface area contributed by atoms with Crippen LogP contribution in [0, 0.1) is 5.92 Å². The first-order valence-electron chi connectivity index (χ1n) is 11.5. The van der Waals surface area contributed by atoms with Crippen molar-refractivity contribution >= 4 is 5.91 Å². The molecule has 0 bridgehead atoms. The first kappa shape index (κ1) is 19.4. The molecule has 0 radical (unpaired) electrons. The maximum absolute atomic E-state index is 13.5. The summed E-state index contributed by atoms with van der Waals surface area (Å²) in [6.45, 7) is 4.71. The monoisotopic (exact) mass is 398 g/mol. The number of methoxy groups -OCH3 is 1. The van der Waals surface area contributed by atoms with Gasteiger partial charge in [0.2, 0.25) is 5.91 Å². The molecule has 5 nitrogen and oxygen atoms in total. The highest BCUT2D eigenvalue weighted by atomic mass is 16.5. The number of rotatable bonds is 2. The molecule has 2 atom stereocenters. The molecule has 5 rings (SSSR count). The summed E-state index contributed by atoms with van der Waals surface area (Å²) in [4.78, 5) is 18.2. The van der Waals surface area contributed by atoms with Crippen molar-refractivity contribution < 1.29 is 14.3 Å². The number of fused-ring (bicyclic) bond motifs is 3. The van der Waals surface area contributed by atoms with Crippen LogP contribution in [-0.2, 0) is 21.6 Å². The number of carbonyl (C=O) groups excluding carboxylic acids is 1. The summed E-state index contributed by atoms with van der Waals surface area (Å²) in [5, 5.41) is 0. The number of likely N-dealkylation sites (tertiary alicyclic amines) is 1. The zero-order chi connectivity index (χ0) is 19.8. The lowest BCUT2D eigenvalue weighted by atomic mass is 9.78. The number of carbonyl (C=O) groups is 1. The Morgan fingerprint density at radius 1 is 1.10 bits per heavy atom. The van der Waals surface area contributed by atoms with Crippen LogP contribution in [0.4, 0.5) is 0 Å². The van der Waals surface area contributed by atoms with Gasteiger partial charge in [0.25, 0.3) is 0 Å². The lowest BCUT2D eigenvalue weighted by molar-refractivity contribution is -0.149. The van der Waals surface area contributed by atoms with E-state index in [0.717, 1.165) is 51.1 Å². The summed E-state index contributed by atoms with van der Waals surface area (Å²) >= 11 is 0. The van der Waals surface area contributed by atoms with Crippen molar-refractivity contribution in [3.63, 3.8) is 0 Å². The van der Waals surface area contributed by atoms with Gasteiger partial charge in [0.1, 0.15) is 11.4 Å². The molecule has 29 heavy (non-hydrogen) atoms. The maximum Gasteiger partial charge on any atom is 0.227 e. The molecule has 5 heteroatoms. The second kappa shape index (κ2) is 7.92. The van der Waals surface area contributed by atoms with Crippen LogP contribution >= 0.6 is 0 Å². The zero-order valence-corrected chi connectivity index (χ0v) is 17.7. The molecule has 1 spiro atoms. The van der Waals surface area contributed by atoms with Gasteiger partial charge in [-0.05, 0) is 69.7 Å². The van der Waals surface area contributed by atoms with Gasteiger partial charge >= 0.3 is 0 Å². The number of ether oxygens (including phenoxy) is 2. The molecule has 3 fully saturated rings. The van der Waals surface area contributed by atoms with E-state index in [9.17, 15) is 4.79 Å². The molecule has 1 aromatic rings. The van der Waals surface area contributed by atoms with E-state index in [1.54, 1.807) is 7.11 Å². The summed E-state index contributed by atoms with van der Waals surface area (Å²) in [6, 6.07) is 6.81. The van der Waals surface area contributed by atoms with Gasteiger partial charge in [-0.1, -0.05) is 18.6 Å². The standard InChI is InChI=1S/C24H34N2O3/c1-28-21-9-4-6-18-10-17-29-24(22(18)21)11-15-26(16-12-24)23(27)19-7-5-14-25-13-3-2-8-20(19)25/h4,6,9,19-20H,2-3,5,7-8,10-17H2,1H3/t19-,20-/m1/s1. The third-order valence-electron chi connectivity index (χ3n) is 7.83. The van der Waals surface area contributed by atoms with E-state index in [4.69, 9.17) is 9.47 Å². The van der Waals surface area contributed by atoms with E-state index in [1.807, 2.05) is 6.07 Å². The fraction of sp³-hybridized carbons (Fsp3) is 0.708. The summed E-state index contributed by atoms with van der Waals surface area (Å²) in [5.74, 6) is 1.53. The summed E-state index contributed by atoms with van der Waals surface area (Å²) < 4.78 is 12.1. The molecule has 1 amide bonds. The smallest absolute Gasteiger partial charge is 0.227 e. The van der Waals surface area contributed by atoms with Crippen LogP contribution in [0.2, 0.25) is 0 Å². The van der Waals surface area contributed by atoms with Crippen molar-refractivity contribution in [2.75, 3.05) is 39.9 Å². The first-order valence-corrected chi connectivity index (χ1v) is 11.5. The molecule has 4 heterocycles. The largest absolute Gasteiger partial charge is 0.496 e. The van der Waals surface area contributed by atoms with E-state index < -0.39 is 0 Å². The van der Waals surface area contributed by atoms with Crippen LogP contribution in [-0.4, -0.2) is 61.6 Å². The summed E-state index contributed by atoms with van der Waals surface area (Å²) in [6.07, 6.45) is 8.67. The highest BCUT2D eigenvalue weighted by Gasteiger charge is 2.45. The predicted octanol–water partition coefficient (Wildman–Crippen LogP) is 3.35. The van der Waals surface area contributed by atoms with E-state index in [-0.39, 0.29) is 11.5 Å². The highest BCUT2D eigenvalue weighted by Crippen LogP contribution is 2.46. The molecule has 0 unspecified atom stereocenters. The van der Waals surface area contributed by atoms with Gasteiger partial charge < -0.3 is 14.4 Å². The minimum Gasteiger partial charge on any atom is -0.496 e. The quantitative estimate of drug-likeness (QED) is 0.766. The van der Waals surface area contributed by atoms with E-state index in [0.29, 0.717) is 11.9 Å². The van der Waals surface area contributed by atoms with Gasteiger partial charge in [-0.3, -0.25) is 9.69 Å². The number of piperidine rings is 3. The Bertz CT molecular complexity index is 740. The Morgan fingerprint density at radius 3 is 2.76 bits per heavy atom. The molecule has 158 valence electrons. The van der Waals surface area contributed by atoms with Crippen LogP contribution < -0.4 is 4.74 Å². The number of hydrogen-bond donors (Lipinski definition) is 0. The molecular formula is C24H34N2O3. The zero-order valence-electron chi connectivity index (χ0n) is 17.7. The Hall–Kier alpha value is -1.59. The van der Waals surface area contributed by atoms with Crippen molar-refractivity contribution in [2.24, 2.45) is 5.92 Å². The average molecular weight is 399 g/mol. The third kappa shape index (κ3) is 3.36. The van der Waals surface area contributed by atoms with E-state index >= 15 is 0 Å². The van der Waals surface area contributed by atoms with Crippen molar-refractivity contribution in [1.29, 1.82) is 0 Å². The van der Waals surface area contributed by atoms with E-state index in [1.165, 1.54) is 49.9 Å². The van der Waals surface area contributed by atoms with Crippen LogP contribution in [0.1, 0.15) is 56.1 Å². The van der Waals surface area contributed by atoms with Gasteiger partial charge in [0.05, 0.1) is 19.6 Å². The summed E-state index contributed by atoms with van der Waals surface area (Å²) in [7, 11) is 1.75. The fourth-order valence-electron chi connectivity index (χ4n) is 6.36. The molecule has 0 N–H and O–H groups in total. The molecule has 4 aliphatic heterocycles. The molecule has 1 aromatic carbocycles. The minimum absolute atomic E-state index is 0.201.